The predicted molar refractivity (Wildman–Crippen MR) is 129 cm³/mol. The molecule has 0 saturated heterocycles. The van der Waals surface area contributed by atoms with Crippen LogP contribution in [0.3, 0.4) is 0 Å². The standard InChI is InChI=1S/C27H27N3O3/c1-32-24-14-13-20(17-25(24)33-2)15-16-28-27(31)23-19-30(18-21-9-5-3-6-10-21)29-26(23)22-11-7-4-8-12-22/h3-14,17,19H,15-16,18H2,1-2H3,(H,28,31). The van der Waals surface area contributed by atoms with Crippen LogP contribution in [-0.2, 0) is 13.0 Å². The van der Waals surface area contributed by atoms with Gasteiger partial charge < -0.3 is 14.8 Å². The highest BCUT2D eigenvalue weighted by Gasteiger charge is 2.18. The third kappa shape index (κ3) is 5.41. The van der Waals surface area contributed by atoms with Gasteiger partial charge in [0.25, 0.3) is 5.91 Å². The third-order valence-electron chi connectivity index (χ3n) is 5.39. The lowest BCUT2D eigenvalue weighted by atomic mass is 10.1. The van der Waals surface area contributed by atoms with Crippen LogP contribution in [-0.4, -0.2) is 36.5 Å². The van der Waals surface area contributed by atoms with Gasteiger partial charge in [-0.15, -0.1) is 0 Å². The summed E-state index contributed by atoms with van der Waals surface area (Å²) < 4.78 is 12.5. The number of aromatic nitrogens is 2. The summed E-state index contributed by atoms with van der Waals surface area (Å²) in [4.78, 5) is 13.1. The van der Waals surface area contributed by atoms with E-state index in [1.807, 2.05) is 89.7 Å². The fourth-order valence-corrected chi connectivity index (χ4v) is 3.70. The maximum atomic E-state index is 13.1. The van der Waals surface area contributed by atoms with Crippen molar-refractivity contribution in [2.24, 2.45) is 0 Å². The summed E-state index contributed by atoms with van der Waals surface area (Å²) in [6.45, 7) is 1.09. The zero-order chi connectivity index (χ0) is 23.0. The molecule has 4 rings (SSSR count). The van der Waals surface area contributed by atoms with Gasteiger partial charge in [0.15, 0.2) is 11.5 Å². The van der Waals surface area contributed by atoms with Gasteiger partial charge in [0.05, 0.1) is 26.3 Å². The zero-order valence-electron chi connectivity index (χ0n) is 18.8. The van der Waals surface area contributed by atoms with E-state index in [4.69, 9.17) is 14.6 Å². The van der Waals surface area contributed by atoms with E-state index in [1.54, 1.807) is 14.2 Å². The number of methoxy groups -OCH3 is 2. The lowest BCUT2D eigenvalue weighted by Crippen LogP contribution is -2.25. The van der Waals surface area contributed by atoms with Gasteiger partial charge in [-0.2, -0.15) is 5.10 Å². The number of ether oxygens (including phenoxy) is 2. The average molecular weight is 442 g/mol. The Morgan fingerprint density at radius 3 is 2.27 bits per heavy atom. The number of carbonyl (C=O) groups excluding carboxylic acids is 1. The molecule has 0 unspecified atom stereocenters. The summed E-state index contributed by atoms with van der Waals surface area (Å²) in [5.74, 6) is 1.21. The molecule has 0 radical (unpaired) electrons. The molecular formula is C27H27N3O3. The van der Waals surface area contributed by atoms with Crippen LogP contribution in [0.5, 0.6) is 11.5 Å². The summed E-state index contributed by atoms with van der Waals surface area (Å²) in [7, 11) is 3.22. The van der Waals surface area contributed by atoms with Crippen LogP contribution in [0.15, 0.2) is 85.1 Å². The van der Waals surface area contributed by atoms with Gasteiger partial charge in [-0.3, -0.25) is 9.48 Å². The molecular weight excluding hydrogens is 414 g/mol. The van der Waals surface area contributed by atoms with Crippen molar-refractivity contribution in [3.63, 3.8) is 0 Å². The Labute approximate surface area is 193 Å². The molecule has 0 aliphatic carbocycles. The second kappa shape index (κ2) is 10.5. The topological polar surface area (TPSA) is 65.4 Å². The molecule has 0 spiro atoms. The molecule has 168 valence electrons. The van der Waals surface area contributed by atoms with Gasteiger partial charge in [-0.1, -0.05) is 66.7 Å². The molecule has 0 atom stereocenters. The van der Waals surface area contributed by atoms with Crippen molar-refractivity contribution in [3.05, 3.63) is 102 Å². The first kappa shape index (κ1) is 22.1. The fraction of sp³-hybridized carbons (Fsp3) is 0.185. The maximum Gasteiger partial charge on any atom is 0.255 e. The highest BCUT2D eigenvalue weighted by atomic mass is 16.5. The number of nitrogens with one attached hydrogen (secondary N) is 1. The molecule has 0 bridgehead atoms. The number of carbonyl (C=O) groups is 1. The van der Waals surface area contributed by atoms with Gasteiger partial charge in [0.1, 0.15) is 5.69 Å². The van der Waals surface area contributed by atoms with Gasteiger partial charge in [-0.25, -0.2) is 0 Å². The number of benzene rings is 3. The average Bonchev–Trinajstić information content (AvgIpc) is 3.29. The third-order valence-corrected chi connectivity index (χ3v) is 5.39. The normalized spacial score (nSPS) is 10.6. The van der Waals surface area contributed by atoms with E-state index in [0.717, 1.165) is 16.7 Å². The summed E-state index contributed by atoms with van der Waals surface area (Å²) in [5.41, 5.74) is 4.32. The lowest BCUT2D eigenvalue weighted by molar-refractivity contribution is 0.0954. The van der Waals surface area contributed by atoms with Crippen LogP contribution in [0.1, 0.15) is 21.5 Å². The first-order valence-electron chi connectivity index (χ1n) is 10.8. The molecule has 0 aliphatic heterocycles. The molecule has 1 N–H and O–H groups in total. The Morgan fingerprint density at radius 2 is 1.58 bits per heavy atom. The Bertz CT molecular complexity index is 1200. The molecule has 3 aromatic carbocycles. The molecule has 6 nitrogen and oxygen atoms in total. The Hall–Kier alpha value is -4.06. The quantitative estimate of drug-likeness (QED) is 0.413. The Balaban J connectivity index is 1.50. The van der Waals surface area contributed by atoms with E-state index in [-0.39, 0.29) is 5.91 Å². The zero-order valence-corrected chi connectivity index (χ0v) is 18.8. The van der Waals surface area contributed by atoms with Crippen LogP contribution in [0, 0.1) is 0 Å². The minimum atomic E-state index is -0.145. The van der Waals surface area contributed by atoms with Crippen LogP contribution in [0.25, 0.3) is 11.3 Å². The van der Waals surface area contributed by atoms with Gasteiger partial charge in [0, 0.05) is 18.3 Å². The maximum absolute atomic E-state index is 13.1. The van der Waals surface area contributed by atoms with Crippen LogP contribution >= 0.6 is 0 Å². The molecule has 1 amide bonds. The van der Waals surface area contributed by atoms with Crippen molar-refractivity contribution in [3.8, 4) is 22.8 Å². The van der Waals surface area contributed by atoms with Gasteiger partial charge in [0.2, 0.25) is 0 Å². The van der Waals surface area contributed by atoms with E-state index in [1.165, 1.54) is 0 Å². The number of nitrogens with zero attached hydrogens (tertiary/aromatic N) is 2. The lowest BCUT2D eigenvalue weighted by Gasteiger charge is -2.10. The second-order valence-electron chi connectivity index (χ2n) is 7.64. The monoisotopic (exact) mass is 441 g/mol. The number of amides is 1. The van der Waals surface area contributed by atoms with Crippen molar-refractivity contribution in [1.82, 2.24) is 15.1 Å². The minimum absolute atomic E-state index is 0.145. The highest BCUT2D eigenvalue weighted by Crippen LogP contribution is 2.27. The van der Waals surface area contributed by atoms with Crippen LogP contribution in [0.2, 0.25) is 0 Å². The highest BCUT2D eigenvalue weighted by molar-refractivity contribution is 5.99. The van der Waals surface area contributed by atoms with Crippen molar-refractivity contribution < 1.29 is 14.3 Å². The molecule has 4 aromatic rings. The molecule has 0 aliphatic rings. The van der Waals surface area contributed by atoms with Gasteiger partial charge >= 0.3 is 0 Å². The van der Waals surface area contributed by atoms with Crippen LogP contribution < -0.4 is 14.8 Å². The first-order valence-corrected chi connectivity index (χ1v) is 10.8. The SMILES string of the molecule is COc1ccc(CCNC(=O)c2cn(Cc3ccccc3)nc2-c2ccccc2)cc1OC. The smallest absolute Gasteiger partial charge is 0.255 e. The van der Waals surface area contributed by atoms with E-state index >= 15 is 0 Å². The van der Waals surface area contributed by atoms with Crippen molar-refractivity contribution >= 4 is 5.91 Å². The summed E-state index contributed by atoms with van der Waals surface area (Å²) >= 11 is 0. The molecule has 6 heteroatoms. The summed E-state index contributed by atoms with van der Waals surface area (Å²) in [6, 6.07) is 25.6. The fourth-order valence-electron chi connectivity index (χ4n) is 3.70. The molecule has 33 heavy (non-hydrogen) atoms. The van der Waals surface area contributed by atoms with Crippen LogP contribution in [0.4, 0.5) is 0 Å². The summed E-state index contributed by atoms with van der Waals surface area (Å²) in [5, 5.41) is 7.77. The van der Waals surface area contributed by atoms with Crippen molar-refractivity contribution in [2.45, 2.75) is 13.0 Å². The second-order valence-corrected chi connectivity index (χ2v) is 7.64. The van der Waals surface area contributed by atoms with E-state index in [2.05, 4.69) is 5.32 Å². The van der Waals surface area contributed by atoms with Crippen molar-refractivity contribution in [2.75, 3.05) is 20.8 Å². The molecule has 0 saturated carbocycles. The first-order chi connectivity index (χ1) is 16.2. The van der Waals surface area contributed by atoms with Gasteiger partial charge in [-0.05, 0) is 29.7 Å². The molecule has 1 aromatic heterocycles. The number of hydrogen-bond donors (Lipinski definition) is 1. The van der Waals surface area contributed by atoms with E-state index < -0.39 is 0 Å². The molecule has 1 heterocycles. The number of rotatable bonds is 9. The Morgan fingerprint density at radius 1 is 0.879 bits per heavy atom. The minimum Gasteiger partial charge on any atom is -0.493 e. The van der Waals surface area contributed by atoms with E-state index in [9.17, 15) is 4.79 Å². The number of hydrogen-bond acceptors (Lipinski definition) is 4. The molecule has 0 fully saturated rings. The van der Waals surface area contributed by atoms with Crippen molar-refractivity contribution in [1.29, 1.82) is 0 Å². The summed E-state index contributed by atoms with van der Waals surface area (Å²) in [6.07, 6.45) is 2.49. The largest absolute Gasteiger partial charge is 0.493 e. The van der Waals surface area contributed by atoms with E-state index in [0.29, 0.717) is 42.3 Å². The Kier molecular flexibility index (Phi) is 7.05. The predicted octanol–water partition coefficient (Wildman–Crippen LogP) is 4.59.